The minimum absolute atomic E-state index is 0.562. The zero-order chi connectivity index (χ0) is 39.8. The molecule has 5 nitrogen and oxygen atoms in total. The van der Waals surface area contributed by atoms with E-state index in [1.54, 1.807) is 0 Å². The third kappa shape index (κ3) is 6.45. The summed E-state index contributed by atoms with van der Waals surface area (Å²) in [5.74, 6) is 1.77. The molecule has 0 fully saturated rings. The van der Waals surface area contributed by atoms with Gasteiger partial charge in [-0.15, -0.1) is 0 Å². The Morgan fingerprint density at radius 3 is 1.60 bits per heavy atom. The molecule has 0 unspecified atom stereocenters. The number of furan rings is 1. The second kappa shape index (κ2) is 15.0. The van der Waals surface area contributed by atoms with E-state index in [0.29, 0.717) is 17.5 Å². The molecule has 2 aromatic heterocycles. The van der Waals surface area contributed by atoms with E-state index < -0.39 is 0 Å². The minimum Gasteiger partial charge on any atom is -0.456 e. The molecule has 2 heterocycles. The van der Waals surface area contributed by atoms with Crippen molar-refractivity contribution in [2.24, 2.45) is 0 Å². The Labute approximate surface area is 347 Å². The second-order valence-corrected chi connectivity index (χ2v) is 14.8. The lowest BCUT2D eigenvalue weighted by molar-refractivity contribution is 0.669. The van der Waals surface area contributed by atoms with Crippen molar-refractivity contribution < 1.29 is 4.42 Å². The first-order valence-electron chi connectivity index (χ1n) is 20.1. The van der Waals surface area contributed by atoms with Crippen LogP contribution in [-0.2, 0) is 0 Å². The Morgan fingerprint density at radius 2 is 0.850 bits per heavy atom. The molecule has 0 amide bonds. The highest BCUT2D eigenvalue weighted by atomic mass is 16.3. The third-order valence-corrected chi connectivity index (χ3v) is 11.1. The van der Waals surface area contributed by atoms with Crippen LogP contribution >= 0.6 is 0 Å². The van der Waals surface area contributed by atoms with Gasteiger partial charge in [-0.05, 0) is 75.5 Å². The highest BCUT2D eigenvalue weighted by molar-refractivity contribution is 6.13. The van der Waals surface area contributed by atoms with Gasteiger partial charge in [0, 0.05) is 44.9 Å². The Balaban J connectivity index is 1.11. The maximum absolute atomic E-state index is 6.69. The van der Waals surface area contributed by atoms with Gasteiger partial charge in [0.05, 0.1) is 5.69 Å². The Hall–Kier alpha value is -8.15. The van der Waals surface area contributed by atoms with E-state index in [-0.39, 0.29) is 0 Å². The lowest BCUT2D eigenvalue weighted by Crippen LogP contribution is -2.10. The molecular weight excluding hydrogens is 733 g/mol. The number of nitrogens with zero attached hydrogens (tertiary/aromatic N) is 4. The summed E-state index contributed by atoms with van der Waals surface area (Å²) in [7, 11) is 0. The van der Waals surface area contributed by atoms with Gasteiger partial charge in [-0.2, -0.15) is 0 Å². The number of benzene rings is 9. The van der Waals surface area contributed by atoms with E-state index in [1.807, 2.05) is 54.6 Å². The molecule has 0 bridgehead atoms. The van der Waals surface area contributed by atoms with Crippen LogP contribution in [0.1, 0.15) is 0 Å². The monoisotopic (exact) mass is 768 g/mol. The summed E-state index contributed by atoms with van der Waals surface area (Å²) in [5, 5.41) is 4.15. The van der Waals surface area contributed by atoms with Crippen molar-refractivity contribution in [2.75, 3.05) is 4.90 Å². The molecular formula is C55H36N4O. The highest BCUT2D eigenvalue weighted by Crippen LogP contribution is 2.44. The van der Waals surface area contributed by atoms with E-state index in [9.17, 15) is 0 Å². The van der Waals surface area contributed by atoms with Gasteiger partial charge >= 0.3 is 0 Å². The van der Waals surface area contributed by atoms with Crippen LogP contribution in [0.5, 0.6) is 0 Å². The SMILES string of the molecule is c1ccc(-c2cccc(-c3ccc(N(c4ccccc4)c4cc(-c5nc(-c6ccccc6)nc(-c6cccc7ccccc67)n5)c5c(c4)oc4ccccc45)cc3)c2)cc1. The number of fused-ring (bicyclic) bond motifs is 4. The number of anilines is 3. The first kappa shape index (κ1) is 35.0. The van der Waals surface area contributed by atoms with Crippen LogP contribution in [0.15, 0.2) is 223 Å². The van der Waals surface area contributed by atoms with Crippen LogP contribution < -0.4 is 4.90 Å². The van der Waals surface area contributed by atoms with Crippen LogP contribution in [-0.4, -0.2) is 15.0 Å². The summed E-state index contributed by atoms with van der Waals surface area (Å²) in [6, 6.07) is 75.7. The van der Waals surface area contributed by atoms with Crippen LogP contribution in [0.4, 0.5) is 17.1 Å². The van der Waals surface area contributed by atoms with Crippen LogP contribution in [0.2, 0.25) is 0 Å². The molecule has 11 aromatic rings. The zero-order valence-corrected chi connectivity index (χ0v) is 32.5. The van der Waals surface area contributed by atoms with Crippen molar-refractivity contribution in [3.8, 4) is 56.4 Å². The van der Waals surface area contributed by atoms with E-state index in [4.69, 9.17) is 19.4 Å². The molecule has 0 radical (unpaired) electrons. The first-order valence-corrected chi connectivity index (χ1v) is 20.1. The van der Waals surface area contributed by atoms with Crippen molar-refractivity contribution >= 4 is 49.8 Å². The van der Waals surface area contributed by atoms with Crippen LogP contribution in [0.3, 0.4) is 0 Å². The van der Waals surface area contributed by atoms with Gasteiger partial charge in [0.1, 0.15) is 11.2 Å². The fourth-order valence-corrected chi connectivity index (χ4v) is 8.24. The average Bonchev–Trinajstić information content (AvgIpc) is 3.71. The van der Waals surface area contributed by atoms with E-state index in [1.165, 1.54) is 11.1 Å². The fraction of sp³-hybridized carbons (Fsp3) is 0. The molecule has 282 valence electrons. The van der Waals surface area contributed by atoms with Gasteiger partial charge < -0.3 is 9.32 Å². The molecule has 0 atom stereocenters. The predicted molar refractivity (Wildman–Crippen MR) is 246 cm³/mol. The molecule has 0 spiro atoms. The summed E-state index contributed by atoms with van der Waals surface area (Å²) in [6.45, 7) is 0. The van der Waals surface area contributed by atoms with Gasteiger partial charge in [0.15, 0.2) is 17.5 Å². The topological polar surface area (TPSA) is 55.1 Å². The number of rotatable bonds is 8. The number of hydrogen-bond acceptors (Lipinski definition) is 5. The van der Waals surface area contributed by atoms with E-state index in [0.717, 1.165) is 77.6 Å². The normalized spacial score (nSPS) is 11.3. The molecule has 0 aliphatic rings. The standard InChI is InChI=1S/C55H36N4O/c1-4-16-37(17-5-1)41-22-14-23-42(34-41)38-30-32-44(33-31-38)59(43-24-8-3-9-25-43)45-35-49(52-48-27-12-13-29-50(48)60-51(52)36-45)55-57-53(40-19-6-2-7-20-40)56-54(58-55)47-28-15-21-39-18-10-11-26-46(39)47/h1-36H. The van der Waals surface area contributed by atoms with Gasteiger partial charge in [-0.1, -0.05) is 170 Å². The Kier molecular flexibility index (Phi) is 8.75. The van der Waals surface area contributed by atoms with E-state index >= 15 is 0 Å². The highest BCUT2D eigenvalue weighted by Gasteiger charge is 2.23. The van der Waals surface area contributed by atoms with Crippen molar-refractivity contribution in [3.63, 3.8) is 0 Å². The number of aromatic nitrogens is 3. The van der Waals surface area contributed by atoms with Crippen molar-refractivity contribution in [3.05, 3.63) is 218 Å². The lowest BCUT2D eigenvalue weighted by atomic mass is 9.98. The quantitative estimate of drug-likeness (QED) is 0.154. The zero-order valence-electron chi connectivity index (χ0n) is 32.5. The molecule has 0 saturated carbocycles. The van der Waals surface area contributed by atoms with Crippen LogP contribution in [0, 0.1) is 0 Å². The molecule has 0 saturated heterocycles. The van der Waals surface area contributed by atoms with Gasteiger partial charge in [0.25, 0.3) is 0 Å². The molecule has 5 heteroatoms. The summed E-state index contributed by atoms with van der Waals surface area (Å²) < 4.78 is 6.69. The third-order valence-electron chi connectivity index (χ3n) is 11.1. The minimum atomic E-state index is 0.562. The Morgan fingerprint density at radius 1 is 0.317 bits per heavy atom. The number of hydrogen-bond donors (Lipinski definition) is 0. The predicted octanol–water partition coefficient (Wildman–Crippen LogP) is 14.7. The molecule has 0 N–H and O–H groups in total. The maximum atomic E-state index is 6.69. The largest absolute Gasteiger partial charge is 0.456 e. The average molecular weight is 769 g/mol. The molecule has 9 aromatic carbocycles. The maximum Gasteiger partial charge on any atom is 0.164 e. The van der Waals surface area contributed by atoms with E-state index in [2.05, 4.69) is 169 Å². The molecule has 60 heavy (non-hydrogen) atoms. The fourth-order valence-electron chi connectivity index (χ4n) is 8.24. The summed E-state index contributed by atoms with van der Waals surface area (Å²) in [6.07, 6.45) is 0. The second-order valence-electron chi connectivity index (χ2n) is 14.8. The van der Waals surface area contributed by atoms with Crippen molar-refractivity contribution in [2.45, 2.75) is 0 Å². The molecule has 0 aliphatic heterocycles. The summed E-state index contributed by atoms with van der Waals surface area (Å²) in [5.41, 5.74) is 11.8. The van der Waals surface area contributed by atoms with Crippen molar-refractivity contribution in [1.29, 1.82) is 0 Å². The number of para-hydroxylation sites is 2. The van der Waals surface area contributed by atoms with Gasteiger partial charge in [-0.3, -0.25) is 0 Å². The van der Waals surface area contributed by atoms with Gasteiger partial charge in [0.2, 0.25) is 0 Å². The van der Waals surface area contributed by atoms with Gasteiger partial charge in [-0.25, -0.2) is 15.0 Å². The lowest BCUT2D eigenvalue weighted by Gasteiger charge is -2.26. The van der Waals surface area contributed by atoms with Crippen molar-refractivity contribution in [1.82, 2.24) is 15.0 Å². The Bertz CT molecular complexity index is 3300. The molecule has 11 rings (SSSR count). The van der Waals surface area contributed by atoms with Crippen LogP contribution in [0.25, 0.3) is 89.1 Å². The molecule has 0 aliphatic carbocycles. The smallest absolute Gasteiger partial charge is 0.164 e. The summed E-state index contributed by atoms with van der Waals surface area (Å²) in [4.78, 5) is 18.0. The first-order chi connectivity index (χ1) is 29.7. The summed E-state index contributed by atoms with van der Waals surface area (Å²) >= 11 is 0.